The van der Waals surface area contributed by atoms with Crippen LogP contribution in [0, 0.1) is 5.92 Å². The first-order valence-corrected chi connectivity index (χ1v) is 9.05. The molecule has 1 heterocycles. The van der Waals surface area contributed by atoms with E-state index < -0.39 is 0 Å². The van der Waals surface area contributed by atoms with E-state index in [0.29, 0.717) is 12.3 Å². The fourth-order valence-corrected chi connectivity index (χ4v) is 3.26. The molecule has 0 radical (unpaired) electrons. The van der Waals surface area contributed by atoms with E-state index in [4.69, 9.17) is 11.6 Å². The summed E-state index contributed by atoms with van der Waals surface area (Å²) >= 11 is 5.98. The number of benzene rings is 1. The van der Waals surface area contributed by atoms with E-state index in [1.54, 1.807) is 6.20 Å². The third kappa shape index (κ3) is 4.57. The van der Waals surface area contributed by atoms with Gasteiger partial charge in [-0.3, -0.25) is 9.78 Å². The monoisotopic (exact) mass is 342 g/mol. The normalized spacial score (nSPS) is 15.5. The molecule has 0 spiro atoms. The molecule has 1 aliphatic rings. The molecule has 24 heavy (non-hydrogen) atoms. The van der Waals surface area contributed by atoms with Crippen molar-refractivity contribution in [2.75, 3.05) is 0 Å². The summed E-state index contributed by atoms with van der Waals surface area (Å²) < 4.78 is 0. The third-order valence-corrected chi connectivity index (χ3v) is 4.98. The van der Waals surface area contributed by atoms with Crippen molar-refractivity contribution in [2.45, 2.75) is 44.6 Å². The molecule has 2 aromatic rings. The van der Waals surface area contributed by atoms with E-state index in [-0.39, 0.29) is 11.9 Å². The van der Waals surface area contributed by atoms with Crippen LogP contribution in [0.3, 0.4) is 0 Å². The van der Waals surface area contributed by atoms with E-state index in [1.165, 1.54) is 19.3 Å². The number of pyridine rings is 1. The smallest absolute Gasteiger partial charge is 0.220 e. The van der Waals surface area contributed by atoms with Crippen molar-refractivity contribution >= 4 is 17.5 Å². The van der Waals surface area contributed by atoms with Gasteiger partial charge in [0.15, 0.2) is 0 Å². The van der Waals surface area contributed by atoms with Gasteiger partial charge in [-0.2, -0.15) is 0 Å². The fourth-order valence-electron chi connectivity index (χ4n) is 3.14. The zero-order valence-corrected chi connectivity index (χ0v) is 14.5. The van der Waals surface area contributed by atoms with E-state index in [1.807, 2.05) is 42.5 Å². The van der Waals surface area contributed by atoms with Crippen molar-refractivity contribution in [3.63, 3.8) is 0 Å². The Bertz CT molecular complexity index is 653. The quantitative estimate of drug-likeness (QED) is 0.791. The largest absolute Gasteiger partial charge is 0.349 e. The third-order valence-electron chi connectivity index (χ3n) is 4.73. The van der Waals surface area contributed by atoms with E-state index in [0.717, 1.165) is 29.1 Å². The van der Waals surface area contributed by atoms with Crippen LogP contribution in [0.2, 0.25) is 5.02 Å². The van der Waals surface area contributed by atoms with Crippen molar-refractivity contribution < 1.29 is 4.79 Å². The highest BCUT2D eigenvalue weighted by molar-refractivity contribution is 6.30. The SMILES string of the molecule is O=C(CCCc1ccccn1)NC(c1ccc(Cl)cc1)C1CCC1. The lowest BCUT2D eigenvalue weighted by Gasteiger charge is -2.34. The number of rotatable bonds is 7. The van der Waals surface area contributed by atoms with Crippen molar-refractivity contribution in [1.29, 1.82) is 0 Å². The van der Waals surface area contributed by atoms with Gasteiger partial charge in [-0.25, -0.2) is 0 Å². The zero-order valence-electron chi connectivity index (χ0n) is 13.7. The Balaban J connectivity index is 1.54. The molecule has 126 valence electrons. The van der Waals surface area contributed by atoms with Crippen LogP contribution in [0.4, 0.5) is 0 Å². The lowest BCUT2D eigenvalue weighted by molar-refractivity contribution is -0.122. The van der Waals surface area contributed by atoms with Crippen molar-refractivity contribution in [1.82, 2.24) is 10.3 Å². The molecule has 1 aromatic carbocycles. The van der Waals surface area contributed by atoms with Gasteiger partial charge in [0.1, 0.15) is 0 Å². The van der Waals surface area contributed by atoms with Gasteiger partial charge >= 0.3 is 0 Å². The molecule has 0 bridgehead atoms. The van der Waals surface area contributed by atoms with Gasteiger partial charge in [0.25, 0.3) is 0 Å². The maximum absolute atomic E-state index is 12.4. The van der Waals surface area contributed by atoms with Crippen LogP contribution < -0.4 is 5.32 Å². The molecule has 1 aliphatic carbocycles. The van der Waals surface area contributed by atoms with Gasteiger partial charge in [0, 0.05) is 23.3 Å². The highest BCUT2D eigenvalue weighted by Crippen LogP contribution is 2.38. The summed E-state index contributed by atoms with van der Waals surface area (Å²) in [5.74, 6) is 0.670. The number of nitrogens with one attached hydrogen (secondary N) is 1. The molecule has 0 aliphatic heterocycles. The summed E-state index contributed by atoms with van der Waals surface area (Å²) in [6, 6.07) is 13.9. The Hall–Kier alpha value is -1.87. The highest BCUT2D eigenvalue weighted by atomic mass is 35.5. The molecular formula is C20H23ClN2O. The summed E-state index contributed by atoms with van der Waals surface area (Å²) in [4.78, 5) is 16.7. The molecular weight excluding hydrogens is 320 g/mol. The summed E-state index contributed by atoms with van der Waals surface area (Å²) in [7, 11) is 0. The first-order chi connectivity index (χ1) is 11.7. The second-order valence-corrected chi connectivity index (χ2v) is 6.90. The van der Waals surface area contributed by atoms with E-state index >= 15 is 0 Å². The highest BCUT2D eigenvalue weighted by Gasteiger charge is 2.29. The van der Waals surface area contributed by atoms with Crippen LogP contribution in [0.15, 0.2) is 48.7 Å². The Morgan fingerprint density at radius 3 is 2.62 bits per heavy atom. The van der Waals surface area contributed by atoms with Gasteiger partial charge in [-0.05, 0) is 61.4 Å². The van der Waals surface area contributed by atoms with E-state index in [9.17, 15) is 4.79 Å². The number of halogens is 1. The maximum atomic E-state index is 12.4. The number of amides is 1. The number of nitrogens with zero attached hydrogens (tertiary/aromatic N) is 1. The predicted molar refractivity (Wildman–Crippen MR) is 96.9 cm³/mol. The van der Waals surface area contributed by atoms with Crippen LogP contribution in [0.5, 0.6) is 0 Å². The minimum absolute atomic E-state index is 0.110. The Labute approximate surface area is 148 Å². The van der Waals surface area contributed by atoms with Gasteiger partial charge in [0.2, 0.25) is 5.91 Å². The van der Waals surface area contributed by atoms with Crippen molar-refractivity contribution in [2.24, 2.45) is 5.92 Å². The Kier molecular flexibility index (Phi) is 5.86. The maximum Gasteiger partial charge on any atom is 0.220 e. The molecule has 4 heteroatoms. The molecule has 3 rings (SSSR count). The first-order valence-electron chi connectivity index (χ1n) is 8.67. The number of hydrogen-bond donors (Lipinski definition) is 1. The van der Waals surface area contributed by atoms with Crippen molar-refractivity contribution in [3.8, 4) is 0 Å². The number of aromatic nitrogens is 1. The summed E-state index contributed by atoms with van der Waals surface area (Å²) in [6.45, 7) is 0. The van der Waals surface area contributed by atoms with E-state index in [2.05, 4.69) is 10.3 Å². The topological polar surface area (TPSA) is 42.0 Å². The zero-order chi connectivity index (χ0) is 16.8. The summed E-state index contributed by atoms with van der Waals surface area (Å²) in [5.41, 5.74) is 2.20. The van der Waals surface area contributed by atoms with Crippen LogP contribution in [-0.4, -0.2) is 10.9 Å². The van der Waals surface area contributed by atoms with Crippen LogP contribution in [-0.2, 0) is 11.2 Å². The number of hydrogen-bond acceptors (Lipinski definition) is 2. The van der Waals surface area contributed by atoms with Gasteiger partial charge in [-0.1, -0.05) is 36.2 Å². The summed E-state index contributed by atoms with van der Waals surface area (Å²) in [6.07, 6.45) is 7.60. The minimum atomic E-state index is 0.110. The van der Waals surface area contributed by atoms with Crippen LogP contribution in [0.1, 0.15) is 49.4 Å². The summed E-state index contributed by atoms with van der Waals surface area (Å²) in [5, 5.41) is 3.97. The first kappa shape index (κ1) is 17.0. The fraction of sp³-hybridized carbons (Fsp3) is 0.400. The molecule has 1 atom stereocenters. The molecule has 1 unspecified atom stereocenters. The lowest BCUT2D eigenvalue weighted by Crippen LogP contribution is -2.36. The Morgan fingerprint density at radius 1 is 1.21 bits per heavy atom. The van der Waals surface area contributed by atoms with Crippen LogP contribution >= 0.6 is 11.6 Å². The second kappa shape index (κ2) is 8.29. The minimum Gasteiger partial charge on any atom is -0.349 e. The van der Waals surface area contributed by atoms with Crippen LogP contribution in [0.25, 0.3) is 0 Å². The molecule has 1 N–H and O–H groups in total. The molecule has 1 amide bonds. The average Bonchev–Trinajstić information content (AvgIpc) is 2.54. The molecule has 1 fully saturated rings. The standard InChI is InChI=1S/C20H23ClN2O/c21-17-12-10-16(11-13-17)20(15-5-3-6-15)23-19(24)9-4-8-18-7-1-2-14-22-18/h1-2,7,10-15,20H,3-6,8-9H2,(H,23,24). The molecule has 3 nitrogen and oxygen atoms in total. The van der Waals surface area contributed by atoms with Crippen molar-refractivity contribution in [3.05, 3.63) is 64.9 Å². The Morgan fingerprint density at radius 2 is 2.00 bits per heavy atom. The molecule has 1 aromatic heterocycles. The molecule has 0 saturated heterocycles. The molecule has 1 saturated carbocycles. The number of aryl methyl sites for hydroxylation is 1. The average molecular weight is 343 g/mol. The lowest BCUT2D eigenvalue weighted by atomic mass is 9.77. The number of carbonyl (C=O) groups excluding carboxylic acids is 1. The van der Waals surface area contributed by atoms with Gasteiger partial charge in [-0.15, -0.1) is 0 Å². The van der Waals surface area contributed by atoms with Gasteiger partial charge in [0.05, 0.1) is 6.04 Å². The number of carbonyl (C=O) groups is 1. The predicted octanol–water partition coefficient (Wildman–Crippen LogP) is 4.72. The second-order valence-electron chi connectivity index (χ2n) is 6.46. The van der Waals surface area contributed by atoms with Gasteiger partial charge < -0.3 is 5.32 Å².